The number of ether oxygens (including phenoxy) is 3. The lowest BCUT2D eigenvalue weighted by Gasteiger charge is -2.37. The standard InChI is InChI=1S/C46H37F3N6O9S/c1-29(56)62-37-35(27-61-45(32-21-11-4-12-22-32,33-23-13-5-14-24-33)34-25-15-6-16-26-34)63-43(38(37)64-65(59,60)46(47,48)49)55-28-50-36-39(51-41(57)30-17-7-2-8-18-30)52-44(53-40(36)55)54-42(58)31-19-9-3-10-20-31/h2-26,28,35,37-38,43H,27H2,1H3,(H2,51,52,53,54,57,58)/t35-,37-,38-,43-/m1/s1. The number of imidazole rings is 1. The van der Waals surface area contributed by atoms with Crippen molar-refractivity contribution in [2.75, 3.05) is 17.2 Å². The quantitative estimate of drug-likeness (QED) is 0.0477. The predicted octanol–water partition coefficient (Wildman–Crippen LogP) is 7.40. The molecule has 0 spiro atoms. The van der Waals surface area contributed by atoms with Gasteiger partial charge < -0.3 is 19.5 Å². The first-order chi connectivity index (χ1) is 31.2. The highest BCUT2D eigenvalue weighted by Gasteiger charge is 2.57. The van der Waals surface area contributed by atoms with Crippen LogP contribution in [0.2, 0.25) is 0 Å². The van der Waals surface area contributed by atoms with Crippen molar-refractivity contribution < 1.29 is 54.4 Å². The van der Waals surface area contributed by atoms with Crippen LogP contribution < -0.4 is 10.6 Å². The molecule has 0 radical (unpaired) electrons. The van der Waals surface area contributed by atoms with Crippen LogP contribution in [0.25, 0.3) is 11.2 Å². The number of hydrogen-bond donors (Lipinski definition) is 2. The smallest absolute Gasteiger partial charge is 0.457 e. The van der Waals surface area contributed by atoms with Crippen molar-refractivity contribution in [3.63, 3.8) is 0 Å². The maximum atomic E-state index is 14.2. The molecule has 332 valence electrons. The van der Waals surface area contributed by atoms with Gasteiger partial charge in [-0.3, -0.25) is 28.5 Å². The number of halogens is 3. The Morgan fingerprint density at radius 1 is 0.692 bits per heavy atom. The fourth-order valence-corrected chi connectivity index (χ4v) is 8.06. The number of nitrogens with zero attached hydrogens (tertiary/aromatic N) is 4. The Morgan fingerprint density at radius 2 is 1.17 bits per heavy atom. The van der Waals surface area contributed by atoms with Gasteiger partial charge in [-0.15, -0.1) is 0 Å². The van der Waals surface area contributed by atoms with Crippen molar-refractivity contribution in [3.05, 3.63) is 186 Å². The molecule has 8 rings (SSSR count). The van der Waals surface area contributed by atoms with E-state index in [0.717, 1.165) is 17.8 Å². The minimum Gasteiger partial charge on any atom is -0.457 e. The second kappa shape index (κ2) is 18.4. The molecular weight excluding hydrogens is 870 g/mol. The third-order valence-electron chi connectivity index (χ3n) is 10.3. The zero-order chi connectivity index (χ0) is 45.8. The number of anilines is 2. The van der Waals surface area contributed by atoms with Crippen LogP contribution in [0.1, 0.15) is 50.6 Å². The van der Waals surface area contributed by atoms with E-state index in [1.54, 1.807) is 72.8 Å². The van der Waals surface area contributed by atoms with Crippen LogP contribution in [0.4, 0.5) is 24.9 Å². The Labute approximate surface area is 369 Å². The summed E-state index contributed by atoms with van der Waals surface area (Å²) in [5, 5.41) is 5.18. The normalized spacial score (nSPS) is 17.7. The number of aromatic nitrogens is 4. The summed E-state index contributed by atoms with van der Waals surface area (Å²) in [6, 6.07) is 43.1. The third kappa shape index (κ3) is 9.21. The number of esters is 1. The van der Waals surface area contributed by atoms with Gasteiger partial charge in [0.15, 0.2) is 35.4 Å². The van der Waals surface area contributed by atoms with E-state index in [2.05, 4.69) is 25.6 Å². The molecule has 2 amide bonds. The van der Waals surface area contributed by atoms with Crippen LogP contribution >= 0.6 is 0 Å². The number of fused-ring (bicyclic) bond motifs is 1. The Kier molecular flexibility index (Phi) is 12.6. The minimum absolute atomic E-state index is 0.159. The molecule has 2 N–H and O–H groups in total. The number of rotatable bonds is 14. The topological polar surface area (TPSA) is 190 Å². The number of amides is 2. The molecule has 2 aromatic heterocycles. The van der Waals surface area contributed by atoms with Crippen molar-refractivity contribution in [2.45, 2.75) is 42.6 Å². The molecule has 1 aliphatic rings. The largest absolute Gasteiger partial charge is 0.523 e. The van der Waals surface area contributed by atoms with E-state index in [1.165, 1.54) is 24.3 Å². The summed E-state index contributed by atoms with van der Waals surface area (Å²) in [7, 11) is -6.42. The number of hydrogen-bond acceptors (Lipinski definition) is 12. The molecule has 0 aliphatic carbocycles. The summed E-state index contributed by atoms with van der Waals surface area (Å²) in [4.78, 5) is 52.7. The maximum Gasteiger partial charge on any atom is 0.523 e. The molecule has 3 heterocycles. The summed E-state index contributed by atoms with van der Waals surface area (Å²) >= 11 is 0. The lowest BCUT2D eigenvalue weighted by atomic mass is 9.80. The number of nitrogens with one attached hydrogen (secondary N) is 2. The van der Waals surface area contributed by atoms with E-state index in [-0.39, 0.29) is 28.1 Å². The van der Waals surface area contributed by atoms with E-state index in [4.69, 9.17) is 18.4 Å². The van der Waals surface area contributed by atoms with Crippen LogP contribution in [0.5, 0.6) is 0 Å². The highest BCUT2D eigenvalue weighted by Crippen LogP contribution is 2.44. The summed E-state index contributed by atoms with van der Waals surface area (Å²) < 4.78 is 93.2. The van der Waals surface area contributed by atoms with Gasteiger partial charge in [-0.05, 0) is 41.0 Å². The van der Waals surface area contributed by atoms with Gasteiger partial charge in [0.25, 0.3) is 11.8 Å². The minimum atomic E-state index is -6.42. The predicted molar refractivity (Wildman–Crippen MR) is 229 cm³/mol. The number of benzene rings is 5. The SMILES string of the molecule is CC(=O)O[C@H]1[C@@H](OS(=O)(=O)C(F)(F)F)[C@H](n2cnc3c(NC(=O)c4ccccc4)nc(NC(=O)c4ccccc4)nc32)O[C@@H]1COC(c1ccccc1)(c1ccccc1)c1ccccc1. The van der Waals surface area contributed by atoms with Crippen molar-refractivity contribution in [3.8, 4) is 0 Å². The second-order valence-electron chi connectivity index (χ2n) is 14.6. The lowest BCUT2D eigenvalue weighted by Crippen LogP contribution is -2.44. The molecule has 1 saturated heterocycles. The fraction of sp³-hybridized carbons (Fsp3) is 0.174. The molecule has 65 heavy (non-hydrogen) atoms. The van der Waals surface area contributed by atoms with E-state index in [9.17, 15) is 36.0 Å². The molecule has 19 heteroatoms. The molecule has 1 fully saturated rings. The zero-order valence-electron chi connectivity index (χ0n) is 34.0. The van der Waals surface area contributed by atoms with Crippen molar-refractivity contribution in [2.24, 2.45) is 0 Å². The fourth-order valence-electron chi connectivity index (χ4n) is 7.46. The van der Waals surface area contributed by atoms with Gasteiger partial charge in [-0.25, -0.2) is 4.98 Å². The number of alkyl halides is 3. The highest BCUT2D eigenvalue weighted by atomic mass is 32.2. The Morgan fingerprint density at radius 3 is 1.65 bits per heavy atom. The molecule has 4 atom stereocenters. The first-order valence-electron chi connectivity index (χ1n) is 19.9. The second-order valence-corrected chi connectivity index (χ2v) is 16.1. The monoisotopic (exact) mass is 906 g/mol. The average molecular weight is 907 g/mol. The van der Waals surface area contributed by atoms with Gasteiger partial charge >= 0.3 is 21.6 Å². The van der Waals surface area contributed by atoms with Crippen LogP contribution in [-0.2, 0) is 38.9 Å². The van der Waals surface area contributed by atoms with Crippen LogP contribution in [0, 0.1) is 0 Å². The van der Waals surface area contributed by atoms with Crippen molar-refractivity contribution >= 4 is 50.8 Å². The van der Waals surface area contributed by atoms with Crippen LogP contribution in [-0.4, -0.2) is 76.1 Å². The molecule has 1 aliphatic heterocycles. The lowest BCUT2D eigenvalue weighted by molar-refractivity contribution is -0.155. The summed E-state index contributed by atoms with van der Waals surface area (Å²) in [5.74, 6) is -2.99. The van der Waals surface area contributed by atoms with Gasteiger partial charge in [-0.2, -0.15) is 31.6 Å². The van der Waals surface area contributed by atoms with E-state index < -0.39 is 76.1 Å². The van der Waals surface area contributed by atoms with E-state index in [1.807, 2.05) is 54.6 Å². The van der Waals surface area contributed by atoms with Gasteiger partial charge in [0, 0.05) is 18.1 Å². The van der Waals surface area contributed by atoms with Crippen molar-refractivity contribution in [1.82, 2.24) is 19.5 Å². The number of carbonyl (C=O) groups is 3. The van der Waals surface area contributed by atoms with Gasteiger partial charge in [-0.1, -0.05) is 127 Å². The maximum absolute atomic E-state index is 14.2. The van der Waals surface area contributed by atoms with Crippen LogP contribution in [0.3, 0.4) is 0 Å². The van der Waals surface area contributed by atoms with E-state index in [0.29, 0.717) is 16.7 Å². The molecule has 15 nitrogen and oxygen atoms in total. The third-order valence-corrected chi connectivity index (χ3v) is 11.4. The average Bonchev–Trinajstić information content (AvgIpc) is 3.88. The number of carbonyl (C=O) groups excluding carboxylic acids is 3. The van der Waals surface area contributed by atoms with Gasteiger partial charge in [0.1, 0.15) is 11.7 Å². The molecule has 0 saturated carbocycles. The highest BCUT2D eigenvalue weighted by molar-refractivity contribution is 7.87. The Bertz CT molecular complexity index is 2820. The van der Waals surface area contributed by atoms with E-state index >= 15 is 0 Å². The molecule has 7 aromatic rings. The van der Waals surface area contributed by atoms with Crippen molar-refractivity contribution in [1.29, 1.82) is 0 Å². The van der Waals surface area contributed by atoms with Crippen LogP contribution in [0.15, 0.2) is 158 Å². The Hall–Kier alpha value is -7.32. The molecule has 0 unspecified atom stereocenters. The zero-order valence-corrected chi connectivity index (χ0v) is 34.8. The first-order valence-corrected chi connectivity index (χ1v) is 21.3. The summed E-state index contributed by atoms with van der Waals surface area (Å²) in [5.41, 5.74) is -5.47. The molecular formula is C46H37F3N6O9S. The first kappa shape index (κ1) is 44.3. The summed E-state index contributed by atoms with van der Waals surface area (Å²) in [6.07, 6.45) is -6.57. The summed E-state index contributed by atoms with van der Waals surface area (Å²) in [6.45, 7) is 0.434. The molecule has 5 aromatic carbocycles. The Balaban J connectivity index is 1.26. The van der Waals surface area contributed by atoms with Gasteiger partial charge in [0.2, 0.25) is 5.95 Å². The molecule has 0 bridgehead atoms. The van der Waals surface area contributed by atoms with Gasteiger partial charge in [0.05, 0.1) is 12.9 Å².